The Kier molecular flexibility index (Phi) is 9.92. The second-order valence-electron chi connectivity index (χ2n) is 10.6. The topological polar surface area (TPSA) is 123 Å². The molecule has 4 rings (SSSR count). The number of ether oxygens (including phenoxy) is 2. The monoisotopic (exact) mass is 551 g/mol. The number of benzene rings is 2. The number of aryl methyl sites for hydroxylation is 1. The number of aliphatic hydroxyl groups is 2. The minimum absolute atomic E-state index is 0. The highest BCUT2D eigenvalue weighted by atomic mass is 28.4. The van der Waals surface area contributed by atoms with Gasteiger partial charge in [0.05, 0.1) is 19.8 Å². The van der Waals surface area contributed by atoms with Crippen molar-refractivity contribution in [2.45, 2.75) is 57.3 Å². The van der Waals surface area contributed by atoms with Crippen LogP contribution in [0.5, 0.6) is 0 Å². The number of aromatic nitrogens is 2. The van der Waals surface area contributed by atoms with Crippen molar-refractivity contribution in [1.29, 1.82) is 0 Å². The zero-order valence-corrected chi connectivity index (χ0v) is 23.7. The van der Waals surface area contributed by atoms with Crippen LogP contribution in [-0.4, -0.2) is 74.6 Å². The fourth-order valence-electron chi connectivity index (χ4n) is 5.19. The first-order valence-electron chi connectivity index (χ1n) is 12.7. The average molecular weight is 552 g/mol. The molecule has 1 aromatic heterocycles. The van der Waals surface area contributed by atoms with Gasteiger partial charge in [-0.05, 0) is 22.3 Å². The van der Waals surface area contributed by atoms with Crippen LogP contribution in [0.4, 0.5) is 0 Å². The van der Waals surface area contributed by atoms with Crippen molar-refractivity contribution in [2.24, 2.45) is 0 Å². The lowest BCUT2D eigenvalue weighted by atomic mass is 10.1. The van der Waals surface area contributed by atoms with Crippen molar-refractivity contribution in [2.75, 3.05) is 19.8 Å². The van der Waals surface area contributed by atoms with Crippen LogP contribution in [0.1, 0.15) is 32.6 Å². The first kappa shape index (κ1) is 30.7. The molecule has 39 heavy (non-hydrogen) atoms. The number of rotatable bonds is 9. The molecule has 3 aromatic rings. The summed E-state index contributed by atoms with van der Waals surface area (Å²) < 4.78 is 20.1. The Morgan fingerprint density at radius 3 is 2.10 bits per heavy atom. The third-order valence-corrected chi connectivity index (χ3v) is 12.0. The van der Waals surface area contributed by atoms with E-state index in [1.54, 1.807) is 6.92 Å². The van der Waals surface area contributed by atoms with Gasteiger partial charge in [0.1, 0.15) is 18.3 Å². The molecule has 2 aromatic carbocycles. The van der Waals surface area contributed by atoms with Crippen molar-refractivity contribution in [3.63, 3.8) is 0 Å². The van der Waals surface area contributed by atoms with Crippen LogP contribution in [0.2, 0.25) is 5.04 Å². The van der Waals surface area contributed by atoms with Crippen LogP contribution in [0, 0.1) is 6.92 Å². The van der Waals surface area contributed by atoms with Gasteiger partial charge >= 0.3 is 5.69 Å². The predicted molar refractivity (Wildman–Crippen MR) is 152 cm³/mol. The molecule has 3 radical (unpaired) electrons. The molecule has 0 unspecified atom stereocenters. The molecule has 4 atom stereocenters. The molecule has 2 heterocycles. The van der Waals surface area contributed by atoms with Gasteiger partial charge in [-0.2, -0.15) is 0 Å². The lowest BCUT2D eigenvalue weighted by Crippen LogP contribution is -2.67. The SMILES string of the molecule is Cc1cn([C@@H]2O[C@H](CO[Si](c3ccccc3)(c3ccccc3)C(C)(C)C)[C@@H](O)[C@H]2OCCO)c(=O)[nH]c1=O.[B]. The molecular formula is C28H36BN2O7Si. The third-order valence-electron chi connectivity index (χ3n) is 7.02. The van der Waals surface area contributed by atoms with E-state index in [1.807, 2.05) is 36.4 Å². The zero-order valence-electron chi connectivity index (χ0n) is 22.7. The Hall–Kier alpha value is -2.80. The summed E-state index contributed by atoms with van der Waals surface area (Å²) in [5.41, 5.74) is -0.858. The quantitative estimate of drug-likeness (QED) is 0.334. The fraction of sp³-hybridized carbons (Fsp3) is 0.429. The highest BCUT2D eigenvalue weighted by molar-refractivity contribution is 6.99. The molecule has 0 aliphatic carbocycles. The predicted octanol–water partition coefficient (Wildman–Crippen LogP) is 0.677. The molecular weight excluding hydrogens is 515 g/mol. The van der Waals surface area contributed by atoms with E-state index in [0.717, 1.165) is 10.4 Å². The molecule has 11 heteroatoms. The Morgan fingerprint density at radius 2 is 1.59 bits per heavy atom. The Balaban J connectivity index is 0.00000420. The molecule has 9 nitrogen and oxygen atoms in total. The second-order valence-corrected chi connectivity index (χ2v) is 14.9. The lowest BCUT2D eigenvalue weighted by Gasteiger charge is -2.43. The average Bonchev–Trinajstić information content (AvgIpc) is 3.20. The van der Waals surface area contributed by atoms with Crippen LogP contribution in [0.15, 0.2) is 76.4 Å². The largest absolute Gasteiger partial charge is 0.405 e. The van der Waals surface area contributed by atoms with Gasteiger partial charge in [-0.25, -0.2) is 4.79 Å². The fourth-order valence-corrected chi connectivity index (χ4v) is 9.76. The van der Waals surface area contributed by atoms with Gasteiger partial charge in [-0.3, -0.25) is 14.3 Å². The van der Waals surface area contributed by atoms with Crippen molar-refractivity contribution in [3.8, 4) is 0 Å². The summed E-state index contributed by atoms with van der Waals surface area (Å²) in [5, 5.41) is 22.5. The number of aromatic amines is 1. The number of aliphatic hydroxyl groups excluding tert-OH is 2. The van der Waals surface area contributed by atoms with E-state index in [9.17, 15) is 19.8 Å². The second kappa shape index (κ2) is 12.6. The highest BCUT2D eigenvalue weighted by Gasteiger charge is 2.52. The smallest absolute Gasteiger partial charge is 0.330 e. The maximum Gasteiger partial charge on any atom is 0.330 e. The van der Waals surface area contributed by atoms with Gasteiger partial charge in [0.25, 0.3) is 13.9 Å². The van der Waals surface area contributed by atoms with Gasteiger partial charge in [0, 0.05) is 20.2 Å². The van der Waals surface area contributed by atoms with Crippen LogP contribution < -0.4 is 21.6 Å². The first-order chi connectivity index (χ1) is 18.1. The van der Waals surface area contributed by atoms with Gasteiger partial charge in [0.15, 0.2) is 6.23 Å². The number of hydrogen-bond donors (Lipinski definition) is 3. The molecule has 0 saturated carbocycles. The van der Waals surface area contributed by atoms with Crippen LogP contribution in [0.3, 0.4) is 0 Å². The summed E-state index contributed by atoms with van der Waals surface area (Å²) >= 11 is 0. The molecule has 0 spiro atoms. The molecule has 0 bridgehead atoms. The summed E-state index contributed by atoms with van der Waals surface area (Å²) in [4.78, 5) is 26.8. The summed E-state index contributed by atoms with van der Waals surface area (Å²) in [6.07, 6.45) is -2.57. The summed E-state index contributed by atoms with van der Waals surface area (Å²) in [5.74, 6) is 0. The molecule has 207 valence electrons. The van der Waals surface area contributed by atoms with E-state index in [-0.39, 0.29) is 33.3 Å². The maximum atomic E-state index is 12.6. The van der Waals surface area contributed by atoms with Crippen LogP contribution >= 0.6 is 0 Å². The standard InChI is InChI=1S/C28H36N2O7Si.B/c1-19-17-30(27(34)29-25(19)33)26-24(35-16-15-31)23(32)22(37-26)18-36-38(28(2,3)4,20-11-7-5-8-12-20)21-13-9-6-10-14-21;/h5-14,17,22-24,26,31-32H,15-16,18H2,1-4H3,(H,29,33,34);/t22-,23-,24-,26-;/m1./s1. The van der Waals surface area contributed by atoms with Crippen molar-refractivity contribution in [3.05, 3.63) is 93.3 Å². The van der Waals surface area contributed by atoms with Gasteiger partial charge < -0.3 is 24.1 Å². The number of H-pyrrole nitrogens is 1. The minimum atomic E-state index is -2.91. The van der Waals surface area contributed by atoms with Crippen molar-refractivity contribution >= 4 is 27.1 Å². The van der Waals surface area contributed by atoms with Crippen LogP contribution in [0.25, 0.3) is 0 Å². The highest BCUT2D eigenvalue weighted by Crippen LogP contribution is 2.38. The Bertz CT molecular complexity index is 1290. The molecule has 1 saturated heterocycles. The maximum absolute atomic E-state index is 12.6. The Morgan fingerprint density at radius 1 is 1.03 bits per heavy atom. The van der Waals surface area contributed by atoms with Gasteiger partial charge in [0.2, 0.25) is 0 Å². The van der Waals surface area contributed by atoms with E-state index in [2.05, 4.69) is 50.0 Å². The molecule has 1 aliphatic heterocycles. The van der Waals surface area contributed by atoms with Crippen molar-refractivity contribution < 1.29 is 24.1 Å². The van der Waals surface area contributed by atoms with E-state index >= 15 is 0 Å². The van der Waals surface area contributed by atoms with E-state index in [0.29, 0.717) is 5.56 Å². The molecule has 3 N–H and O–H groups in total. The number of nitrogens with zero attached hydrogens (tertiary/aromatic N) is 1. The first-order valence-corrected chi connectivity index (χ1v) is 14.6. The number of hydrogen-bond acceptors (Lipinski definition) is 7. The van der Waals surface area contributed by atoms with E-state index in [4.69, 9.17) is 13.9 Å². The lowest BCUT2D eigenvalue weighted by molar-refractivity contribution is -0.0792. The van der Waals surface area contributed by atoms with Crippen LogP contribution in [-0.2, 0) is 13.9 Å². The van der Waals surface area contributed by atoms with Gasteiger partial charge in [-0.15, -0.1) is 0 Å². The summed E-state index contributed by atoms with van der Waals surface area (Å²) in [6, 6.07) is 20.2. The third kappa shape index (κ3) is 6.03. The van der Waals surface area contributed by atoms with E-state index in [1.165, 1.54) is 10.8 Å². The minimum Gasteiger partial charge on any atom is -0.405 e. The Labute approximate surface area is 231 Å². The van der Waals surface area contributed by atoms with Crippen molar-refractivity contribution in [1.82, 2.24) is 9.55 Å². The molecule has 1 aliphatic rings. The molecule has 0 amide bonds. The van der Waals surface area contributed by atoms with Gasteiger partial charge in [-0.1, -0.05) is 81.4 Å². The summed E-state index contributed by atoms with van der Waals surface area (Å²) in [6.45, 7) is 7.77. The van der Waals surface area contributed by atoms with E-state index < -0.39 is 44.1 Å². The molecule has 1 fully saturated rings. The number of nitrogens with one attached hydrogen (secondary N) is 1. The normalized spacial score (nSPS) is 21.5. The summed E-state index contributed by atoms with van der Waals surface area (Å²) in [7, 11) is -2.91. The zero-order chi connectivity index (χ0) is 27.5.